The van der Waals surface area contributed by atoms with Gasteiger partial charge in [0.1, 0.15) is 11.5 Å². The van der Waals surface area contributed by atoms with Crippen LogP contribution in [-0.2, 0) is 9.53 Å². The molecule has 0 radical (unpaired) electrons. The number of rotatable bonds is 5. The van der Waals surface area contributed by atoms with Crippen LogP contribution in [0.5, 0.6) is 11.5 Å². The SMILES string of the molecule is COC(=O)C1=C(C)N=c2s/c(=C/c3cccc(Oc4ccccc4)c3)c(=O)n2C1c1ccccc1. The van der Waals surface area contributed by atoms with E-state index in [0.717, 1.165) is 16.9 Å². The van der Waals surface area contributed by atoms with Crippen molar-refractivity contribution in [2.24, 2.45) is 4.99 Å². The number of thiazole rings is 1. The largest absolute Gasteiger partial charge is 0.466 e. The van der Waals surface area contributed by atoms with E-state index in [4.69, 9.17) is 9.47 Å². The normalized spacial score (nSPS) is 15.4. The molecule has 174 valence electrons. The number of carbonyl (C=O) groups is 1. The molecule has 2 heterocycles. The van der Waals surface area contributed by atoms with Gasteiger partial charge in [-0.05, 0) is 48.4 Å². The van der Waals surface area contributed by atoms with Crippen molar-refractivity contribution in [2.75, 3.05) is 7.11 Å². The van der Waals surface area contributed by atoms with E-state index in [0.29, 0.717) is 26.4 Å². The zero-order valence-corrected chi connectivity index (χ0v) is 20.0. The second kappa shape index (κ2) is 9.56. The molecule has 3 aromatic carbocycles. The number of hydrogen-bond acceptors (Lipinski definition) is 6. The summed E-state index contributed by atoms with van der Waals surface area (Å²) in [6.45, 7) is 1.77. The van der Waals surface area contributed by atoms with Gasteiger partial charge in [-0.15, -0.1) is 0 Å². The number of ether oxygens (including phenoxy) is 2. The van der Waals surface area contributed by atoms with Crippen molar-refractivity contribution in [3.05, 3.63) is 127 Å². The maximum absolute atomic E-state index is 13.6. The Bertz CT molecular complexity index is 1600. The van der Waals surface area contributed by atoms with Crippen LogP contribution in [0.1, 0.15) is 24.1 Å². The van der Waals surface area contributed by atoms with Gasteiger partial charge in [0.25, 0.3) is 5.56 Å². The fourth-order valence-electron chi connectivity index (χ4n) is 4.09. The fourth-order valence-corrected chi connectivity index (χ4v) is 5.13. The van der Waals surface area contributed by atoms with Gasteiger partial charge in [-0.3, -0.25) is 9.36 Å². The summed E-state index contributed by atoms with van der Waals surface area (Å²) >= 11 is 1.29. The summed E-state index contributed by atoms with van der Waals surface area (Å²) in [6, 6.07) is 25.9. The highest BCUT2D eigenvalue weighted by Gasteiger charge is 2.32. The highest BCUT2D eigenvalue weighted by Crippen LogP contribution is 2.30. The van der Waals surface area contributed by atoms with Crippen molar-refractivity contribution < 1.29 is 14.3 Å². The van der Waals surface area contributed by atoms with Crippen LogP contribution in [0.15, 0.2) is 106 Å². The number of methoxy groups -OCH3 is 1. The summed E-state index contributed by atoms with van der Waals surface area (Å²) in [7, 11) is 1.33. The van der Waals surface area contributed by atoms with Gasteiger partial charge in [0.05, 0.1) is 29.0 Å². The number of allylic oxidation sites excluding steroid dienone is 1. The minimum Gasteiger partial charge on any atom is -0.466 e. The first kappa shape index (κ1) is 22.6. The van der Waals surface area contributed by atoms with Crippen LogP contribution in [0.4, 0.5) is 0 Å². The molecule has 0 spiro atoms. The van der Waals surface area contributed by atoms with Crippen molar-refractivity contribution >= 4 is 23.4 Å². The molecule has 35 heavy (non-hydrogen) atoms. The monoisotopic (exact) mass is 482 g/mol. The second-order valence-electron chi connectivity index (χ2n) is 7.97. The number of carbonyl (C=O) groups excluding carboxylic acids is 1. The van der Waals surface area contributed by atoms with Gasteiger partial charge in [0, 0.05) is 0 Å². The molecular weight excluding hydrogens is 460 g/mol. The molecule has 1 aliphatic rings. The van der Waals surface area contributed by atoms with Crippen LogP contribution in [0.2, 0.25) is 0 Å². The van der Waals surface area contributed by atoms with Gasteiger partial charge >= 0.3 is 5.97 Å². The van der Waals surface area contributed by atoms with Crippen LogP contribution < -0.4 is 19.6 Å². The molecule has 0 aliphatic carbocycles. The first-order valence-corrected chi connectivity index (χ1v) is 11.9. The molecule has 0 N–H and O–H groups in total. The van der Waals surface area contributed by atoms with Crippen LogP contribution in [-0.4, -0.2) is 17.6 Å². The quantitative estimate of drug-likeness (QED) is 0.400. The summed E-state index contributed by atoms with van der Waals surface area (Å²) in [6.07, 6.45) is 1.82. The molecule has 0 saturated carbocycles. The van der Waals surface area contributed by atoms with E-state index in [-0.39, 0.29) is 5.56 Å². The standard InChI is InChI=1S/C28H22N2O4S/c1-18-24(27(32)33-2)25(20-11-5-3-6-12-20)30-26(31)23(35-28(30)29-18)17-19-10-9-15-22(16-19)34-21-13-7-4-8-14-21/h3-17,25H,1-2H3/b23-17+. The van der Waals surface area contributed by atoms with Gasteiger partial charge in [-0.2, -0.15) is 0 Å². The molecule has 0 saturated heterocycles. The molecule has 0 amide bonds. The third kappa shape index (κ3) is 4.46. The van der Waals surface area contributed by atoms with Crippen molar-refractivity contribution in [2.45, 2.75) is 13.0 Å². The number of benzene rings is 3. The summed E-state index contributed by atoms with van der Waals surface area (Å²) in [5.74, 6) is 0.904. The lowest BCUT2D eigenvalue weighted by Crippen LogP contribution is -2.39. The van der Waals surface area contributed by atoms with Gasteiger partial charge in [0.2, 0.25) is 0 Å². The third-order valence-corrected chi connectivity index (χ3v) is 6.66. The van der Waals surface area contributed by atoms with E-state index in [9.17, 15) is 9.59 Å². The van der Waals surface area contributed by atoms with E-state index >= 15 is 0 Å². The summed E-state index contributed by atoms with van der Waals surface area (Å²) in [5, 5.41) is 0. The third-order valence-electron chi connectivity index (χ3n) is 5.68. The van der Waals surface area contributed by atoms with Gasteiger partial charge in [-0.25, -0.2) is 9.79 Å². The molecule has 1 atom stereocenters. The first-order valence-electron chi connectivity index (χ1n) is 11.0. The fraction of sp³-hybridized carbons (Fsp3) is 0.107. The number of nitrogens with zero attached hydrogens (tertiary/aromatic N) is 2. The average Bonchev–Trinajstić information content (AvgIpc) is 3.18. The summed E-state index contributed by atoms with van der Waals surface area (Å²) in [5.41, 5.74) is 2.32. The predicted octanol–water partition coefficient (Wildman–Crippen LogP) is 4.20. The Morgan fingerprint density at radius 1 is 0.971 bits per heavy atom. The minimum absolute atomic E-state index is 0.217. The summed E-state index contributed by atoms with van der Waals surface area (Å²) < 4.78 is 13.1. The lowest BCUT2D eigenvalue weighted by atomic mass is 9.96. The number of hydrogen-bond donors (Lipinski definition) is 0. The van der Waals surface area contributed by atoms with E-state index in [1.165, 1.54) is 18.4 Å². The minimum atomic E-state index is -0.616. The number of esters is 1. The van der Waals surface area contributed by atoms with E-state index in [2.05, 4.69) is 4.99 Å². The highest BCUT2D eigenvalue weighted by atomic mass is 32.1. The van der Waals surface area contributed by atoms with Crippen molar-refractivity contribution in [1.82, 2.24) is 4.57 Å². The van der Waals surface area contributed by atoms with E-state index < -0.39 is 12.0 Å². The van der Waals surface area contributed by atoms with Gasteiger partial charge in [0.15, 0.2) is 4.80 Å². The second-order valence-corrected chi connectivity index (χ2v) is 8.98. The van der Waals surface area contributed by atoms with E-state index in [1.54, 1.807) is 11.5 Å². The molecule has 5 rings (SSSR count). The van der Waals surface area contributed by atoms with Crippen LogP contribution in [0, 0.1) is 0 Å². The molecule has 0 bridgehead atoms. The Hall–Kier alpha value is -4.23. The Labute approximate surface area is 205 Å². The van der Waals surface area contributed by atoms with Gasteiger partial charge in [-0.1, -0.05) is 72.0 Å². The summed E-state index contributed by atoms with van der Waals surface area (Å²) in [4.78, 5) is 31.4. The highest BCUT2D eigenvalue weighted by molar-refractivity contribution is 7.07. The van der Waals surface area contributed by atoms with Crippen LogP contribution in [0.3, 0.4) is 0 Å². The molecule has 0 fully saturated rings. The maximum Gasteiger partial charge on any atom is 0.338 e. The molecule has 1 aliphatic heterocycles. The smallest absolute Gasteiger partial charge is 0.338 e. The van der Waals surface area contributed by atoms with Crippen LogP contribution >= 0.6 is 11.3 Å². The average molecular weight is 483 g/mol. The Morgan fingerprint density at radius 2 is 1.66 bits per heavy atom. The van der Waals surface area contributed by atoms with Crippen molar-refractivity contribution in [3.63, 3.8) is 0 Å². The van der Waals surface area contributed by atoms with E-state index in [1.807, 2.05) is 91.0 Å². The first-order chi connectivity index (χ1) is 17.0. The number of aromatic nitrogens is 1. The predicted molar refractivity (Wildman–Crippen MR) is 135 cm³/mol. The molecule has 7 heteroatoms. The Morgan fingerprint density at radius 3 is 2.37 bits per heavy atom. The van der Waals surface area contributed by atoms with Crippen molar-refractivity contribution in [1.29, 1.82) is 0 Å². The lowest BCUT2D eigenvalue weighted by Gasteiger charge is -2.24. The Kier molecular flexibility index (Phi) is 6.16. The molecular formula is C28H22N2O4S. The zero-order chi connectivity index (χ0) is 24.4. The topological polar surface area (TPSA) is 69.9 Å². The maximum atomic E-state index is 13.6. The lowest BCUT2D eigenvalue weighted by molar-refractivity contribution is -0.136. The molecule has 6 nitrogen and oxygen atoms in total. The number of fused-ring (bicyclic) bond motifs is 1. The zero-order valence-electron chi connectivity index (χ0n) is 19.2. The molecule has 1 aromatic heterocycles. The van der Waals surface area contributed by atoms with Gasteiger partial charge < -0.3 is 9.47 Å². The Balaban J connectivity index is 1.61. The molecule has 4 aromatic rings. The molecule has 1 unspecified atom stereocenters. The van der Waals surface area contributed by atoms with Crippen LogP contribution in [0.25, 0.3) is 6.08 Å². The number of para-hydroxylation sites is 1. The van der Waals surface area contributed by atoms with Crippen molar-refractivity contribution in [3.8, 4) is 11.5 Å².